The molecule has 1 saturated carbocycles. The Morgan fingerprint density at radius 3 is 2.83 bits per heavy atom. The standard InChI is InChI=1S/C15H23N3/c1-2-15(1)18-10-6-14(12-18)11-17-9-5-13-3-7-16-8-4-13/h3-4,7-8,14-15,17H,1-2,5-6,9-12H2. The van der Waals surface area contributed by atoms with Gasteiger partial charge in [0.2, 0.25) is 0 Å². The minimum atomic E-state index is 0.878. The molecule has 3 heteroatoms. The molecule has 2 aliphatic rings. The quantitative estimate of drug-likeness (QED) is 0.773. The minimum Gasteiger partial charge on any atom is -0.316 e. The van der Waals surface area contributed by atoms with Crippen LogP contribution in [0, 0.1) is 5.92 Å². The number of pyridine rings is 1. The molecule has 3 nitrogen and oxygen atoms in total. The fourth-order valence-corrected chi connectivity index (χ4v) is 2.89. The third-order valence-corrected chi connectivity index (χ3v) is 4.15. The second-order valence-electron chi connectivity index (χ2n) is 5.69. The zero-order valence-corrected chi connectivity index (χ0v) is 11.0. The van der Waals surface area contributed by atoms with Crippen molar-refractivity contribution in [3.05, 3.63) is 30.1 Å². The Morgan fingerprint density at radius 1 is 1.22 bits per heavy atom. The van der Waals surface area contributed by atoms with Crippen LogP contribution in [0.15, 0.2) is 24.5 Å². The van der Waals surface area contributed by atoms with E-state index in [-0.39, 0.29) is 0 Å². The fraction of sp³-hybridized carbons (Fsp3) is 0.667. The van der Waals surface area contributed by atoms with Crippen LogP contribution in [0.2, 0.25) is 0 Å². The predicted octanol–water partition coefficient (Wildman–Crippen LogP) is 1.70. The summed E-state index contributed by atoms with van der Waals surface area (Å²) in [4.78, 5) is 6.73. The summed E-state index contributed by atoms with van der Waals surface area (Å²) in [5.41, 5.74) is 1.38. The second-order valence-corrected chi connectivity index (χ2v) is 5.69. The number of nitrogens with one attached hydrogen (secondary N) is 1. The highest BCUT2D eigenvalue weighted by Gasteiger charge is 2.33. The van der Waals surface area contributed by atoms with E-state index in [0.29, 0.717) is 0 Å². The Balaban J connectivity index is 1.31. The maximum atomic E-state index is 4.04. The molecule has 1 aliphatic carbocycles. The SMILES string of the molecule is c1cc(CCNCC2CCN(C3CC3)C2)ccn1. The Morgan fingerprint density at radius 2 is 2.06 bits per heavy atom. The van der Waals surface area contributed by atoms with Crippen LogP contribution >= 0.6 is 0 Å². The lowest BCUT2D eigenvalue weighted by atomic mass is 10.1. The minimum absolute atomic E-state index is 0.878. The molecule has 98 valence electrons. The van der Waals surface area contributed by atoms with Gasteiger partial charge in [-0.15, -0.1) is 0 Å². The van der Waals surface area contributed by atoms with Crippen molar-refractivity contribution in [3.63, 3.8) is 0 Å². The van der Waals surface area contributed by atoms with Crippen molar-refractivity contribution in [1.82, 2.24) is 15.2 Å². The van der Waals surface area contributed by atoms with Gasteiger partial charge in [0, 0.05) is 25.0 Å². The van der Waals surface area contributed by atoms with Gasteiger partial charge in [-0.1, -0.05) is 0 Å². The number of aromatic nitrogens is 1. The van der Waals surface area contributed by atoms with Crippen molar-refractivity contribution in [2.75, 3.05) is 26.2 Å². The Kier molecular flexibility index (Phi) is 3.91. The Bertz CT molecular complexity index is 361. The number of nitrogens with zero attached hydrogens (tertiary/aromatic N) is 2. The maximum absolute atomic E-state index is 4.04. The van der Waals surface area contributed by atoms with E-state index in [9.17, 15) is 0 Å². The molecule has 18 heavy (non-hydrogen) atoms. The van der Waals surface area contributed by atoms with Gasteiger partial charge in [-0.05, 0) is 68.9 Å². The van der Waals surface area contributed by atoms with Crippen LogP contribution in [-0.2, 0) is 6.42 Å². The van der Waals surface area contributed by atoms with Crippen LogP contribution in [0.5, 0.6) is 0 Å². The van der Waals surface area contributed by atoms with E-state index in [1.807, 2.05) is 12.4 Å². The van der Waals surface area contributed by atoms with Crippen molar-refractivity contribution >= 4 is 0 Å². The molecule has 1 aromatic rings. The molecule has 1 unspecified atom stereocenters. The maximum Gasteiger partial charge on any atom is 0.0270 e. The third-order valence-electron chi connectivity index (χ3n) is 4.15. The topological polar surface area (TPSA) is 28.2 Å². The van der Waals surface area contributed by atoms with Crippen molar-refractivity contribution < 1.29 is 0 Å². The van der Waals surface area contributed by atoms with Crippen molar-refractivity contribution in [3.8, 4) is 0 Å². The lowest BCUT2D eigenvalue weighted by molar-refractivity contribution is 0.312. The van der Waals surface area contributed by atoms with Gasteiger partial charge in [0.15, 0.2) is 0 Å². The third kappa shape index (κ3) is 3.30. The van der Waals surface area contributed by atoms with Crippen molar-refractivity contribution in [1.29, 1.82) is 0 Å². The summed E-state index contributed by atoms with van der Waals surface area (Å²) in [6, 6.07) is 5.16. The lowest BCUT2D eigenvalue weighted by Crippen LogP contribution is -2.28. The average molecular weight is 245 g/mol. The number of rotatable bonds is 6. The Labute approximate surface area is 110 Å². The lowest BCUT2D eigenvalue weighted by Gasteiger charge is -2.15. The Hall–Kier alpha value is -0.930. The van der Waals surface area contributed by atoms with Crippen LogP contribution in [0.25, 0.3) is 0 Å². The summed E-state index contributed by atoms with van der Waals surface area (Å²) in [6.45, 7) is 4.94. The van der Waals surface area contributed by atoms with Crippen LogP contribution < -0.4 is 5.32 Å². The van der Waals surface area contributed by atoms with Crippen LogP contribution in [0.3, 0.4) is 0 Å². The second kappa shape index (κ2) is 5.81. The van der Waals surface area contributed by atoms with Crippen LogP contribution in [0.4, 0.5) is 0 Å². The molecule has 1 aliphatic heterocycles. The summed E-state index contributed by atoms with van der Waals surface area (Å²) in [5, 5.41) is 3.61. The molecule has 1 aromatic heterocycles. The smallest absolute Gasteiger partial charge is 0.0270 e. The van der Waals surface area contributed by atoms with Gasteiger partial charge in [0.05, 0.1) is 0 Å². The molecular weight excluding hydrogens is 222 g/mol. The van der Waals surface area contributed by atoms with Gasteiger partial charge in [0.1, 0.15) is 0 Å². The van der Waals surface area contributed by atoms with E-state index >= 15 is 0 Å². The zero-order chi connectivity index (χ0) is 12.2. The van der Waals surface area contributed by atoms with Gasteiger partial charge in [-0.3, -0.25) is 4.98 Å². The molecule has 1 saturated heterocycles. The number of likely N-dealkylation sites (tertiary alicyclic amines) is 1. The van der Waals surface area contributed by atoms with Gasteiger partial charge in [0.25, 0.3) is 0 Å². The highest BCUT2D eigenvalue weighted by Crippen LogP contribution is 2.31. The first-order valence-electron chi connectivity index (χ1n) is 7.25. The predicted molar refractivity (Wildman–Crippen MR) is 73.5 cm³/mol. The van der Waals surface area contributed by atoms with Gasteiger partial charge in [-0.25, -0.2) is 0 Å². The highest BCUT2D eigenvalue weighted by molar-refractivity contribution is 5.09. The van der Waals surface area contributed by atoms with E-state index in [1.165, 1.54) is 44.5 Å². The molecule has 1 atom stereocenters. The molecule has 0 aromatic carbocycles. The van der Waals surface area contributed by atoms with Crippen LogP contribution in [-0.4, -0.2) is 42.1 Å². The van der Waals surface area contributed by atoms with Crippen LogP contribution in [0.1, 0.15) is 24.8 Å². The normalized spacial score (nSPS) is 24.6. The van der Waals surface area contributed by atoms with E-state index in [1.54, 1.807) is 0 Å². The molecule has 1 N–H and O–H groups in total. The fourth-order valence-electron chi connectivity index (χ4n) is 2.89. The molecule has 0 bridgehead atoms. The molecule has 2 fully saturated rings. The molecule has 0 amide bonds. The summed E-state index contributed by atoms with van der Waals surface area (Å²) in [5.74, 6) is 0.878. The average Bonchev–Trinajstić information content (AvgIpc) is 3.16. The van der Waals surface area contributed by atoms with Gasteiger partial charge < -0.3 is 10.2 Å². The monoisotopic (exact) mass is 245 g/mol. The summed E-state index contributed by atoms with van der Waals surface area (Å²) < 4.78 is 0. The summed E-state index contributed by atoms with van der Waals surface area (Å²) >= 11 is 0. The first-order chi connectivity index (χ1) is 8.92. The summed E-state index contributed by atoms with van der Waals surface area (Å²) in [6.07, 6.45) is 9.14. The molecular formula is C15H23N3. The van der Waals surface area contributed by atoms with E-state index in [4.69, 9.17) is 0 Å². The van der Waals surface area contributed by atoms with Crippen molar-refractivity contribution in [2.45, 2.75) is 31.7 Å². The highest BCUT2D eigenvalue weighted by atomic mass is 15.2. The number of hydrogen-bond acceptors (Lipinski definition) is 3. The van der Waals surface area contributed by atoms with Crippen molar-refractivity contribution in [2.24, 2.45) is 5.92 Å². The first-order valence-corrected chi connectivity index (χ1v) is 7.25. The molecule has 0 radical (unpaired) electrons. The first kappa shape index (κ1) is 12.1. The zero-order valence-electron chi connectivity index (χ0n) is 11.0. The van der Waals surface area contributed by atoms with E-state index in [0.717, 1.165) is 24.9 Å². The summed E-state index contributed by atoms with van der Waals surface area (Å²) in [7, 11) is 0. The molecule has 2 heterocycles. The molecule has 0 spiro atoms. The number of hydrogen-bond donors (Lipinski definition) is 1. The largest absolute Gasteiger partial charge is 0.316 e. The molecule has 3 rings (SSSR count). The van der Waals surface area contributed by atoms with E-state index < -0.39 is 0 Å². The van der Waals surface area contributed by atoms with Gasteiger partial charge >= 0.3 is 0 Å². The van der Waals surface area contributed by atoms with Gasteiger partial charge in [-0.2, -0.15) is 0 Å². The van der Waals surface area contributed by atoms with E-state index in [2.05, 4.69) is 27.3 Å².